The van der Waals surface area contributed by atoms with E-state index in [4.69, 9.17) is 4.42 Å². The fourth-order valence-corrected chi connectivity index (χ4v) is 12.9. The minimum Gasteiger partial charge on any atom is -0.454 e. The molecule has 5 heteroatoms. The largest absolute Gasteiger partial charge is 0.454 e. The highest BCUT2D eigenvalue weighted by atomic mass is 16.3. The lowest BCUT2D eigenvalue weighted by Crippen LogP contribution is -2.62. The molecule has 0 bridgehead atoms. The maximum absolute atomic E-state index is 7.27. The van der Waals surface area contributed by atoms with Crippen LogP contribution in [0.4, 0.5) is 45.5 Å². The maximum Gasteiger partial charge on any atom is 0.333 e. The van der Waals surface area contributed by atoms with Gasteiger partial charge in [0.1, 0.15) is 5.58 Å². The Balaban J connectivity index is 1.03. The molecule has 1 aromatic heterocycles. The van der Waals surface area contributed by atoms with Gasteiger partial charge in [-0.1, -0.05) is 192 Å². The van der Waals surface area contributed by atoms with E-state index >= 15 is 0 Å². The first-order chi connectivity index (χ1) is 37.1. The standard InChI is InChI=1S/C71H54BN3O/c1-70(2,3)51-31-37-53(38-32-51)73(52-33-27-47(28-34-52)45-17-8-6-9-18-45)55-39-40-63-57(43-55)58-44-59-56-23-14-15-26-65(56)76-69(59)68-66(58)72(75(63)54-35-29-48(30-36-54)46-19-10-7-11-20-46)62-25-16-24-60-67(62)74(68)64-42-50-22-13-12-21-49(50)41-61(64)71(60,4)5/h6-44H,1-5H3. The van der Waals surface area contributed by atoms with Crippen molar-refractivity contribution in [2.24, 2.45) is 0 Å². The Hall–Kier alpha value is -9.06. The van der Waals surface area contributed by atoms with Crippen molar-refractivity contribution in [1.82, 2.24) is 0 Å². The zero-order valence-corrected chi connectivity index (χ0v) is 43.3. The van der Waals surface area contributed by atoms with Gasteiger partial charge < -0.3 is 19.0 Å². The number of hydrogen-bond donors (Lipinski definition) is 0. The van der Waals surface area contributed by atoms with Gasteiger partial charge in [0.15, 0.2) is 5.58 Å². The fourth-order valence-electron chi connectivity index (χ4n) is 12.9. The number of anilines is 8. The number of furan rings is 1. The highest BCUT2D eigenvalue weighted by molar-refractivity contribution is 6.94. The molecule has 0 aliphatic carbocycles. The summed E-state index contributed by atoms with van der Waals surface area (Å²) in [6.07, 6.45) is 0. The third kappa shape index (κ3) is 6.64. The summed E-state index contributed by atoms with van der Waals surface area (Å²) in [7, 11) is 0. The number of hydrogen-bond acceptors (Lipinski definition) is 4. The highest BCUT2D eigenvalue weighted by Crippen LogP contribution is 2.58. The molecule has 362 valence electrons. The summed E-state index contributed by atoms with van der Waals surface area (Å²) in [6.45, 7) is 11.5. The molecule has 0 atom stereocenters. The number of nitrogens with zero attached hydrogens (tertiary/aromatic N) is 3. The average Bonchev–Trinajstić information content (AvgIpc) is 3.92. The molecule has 0 saturated heterocycles. The third-order valence-electron chi connectivity index (χ3n) is 16.7. The highest BCUT2D eigenvalue weighted by Gasteiger charge is 2.51. The molecular formula is C71H54BN3O. The van der Waals surface area contributed by atoms with Crippen LogP contribution in [0.1, 0.15) is 51.3 Å². The quantitative estimate of drug-likeness (QED) is 0.155. The van der Waals surface area contributed by atoms with Crippen molar-refractivity contribution in [2.75, 3.05) is 14.6 Å². The molecule has 3 aliphatic heterocycles. The van der Waals surface area contributed by atoms with E-state index in [2.05, 4.69) is 286 Å². The predicted octanol–water partition coefficient (Wildman–Crippen LogP) is 18.2. The van der Waals surface area contributed by atoms with Crippen molar-refractivity contribution < 1.29 is 4.42 Å². The predicted molar refractivity (Wildman–Crippen MR) is 321 cm³/mol. The van der Waals surface area contributed by atoms with Gasteiger partial charge in [-0.15, -0.1) is 0 Å². The molecule has 0 spiro atoms. The number of fused-ring (bicyclic) bond motifs is 11. The van der Waals surface area contributed by atoms with Crippen molar-refractivity contribution in [3.63, 3.8) is 0 Å². The Morgan fingerprint density at radius 1 is 0.461 bits per heavy atom. The zero-order chi connectivity index (χ0) is 51.0. The van der Waals surface area contributed by atoms with E-state index in [9.17, 15) is 0 Å². The summed E-state index contributed by atoms with van der Waals surface area (Å²) in [6, 6.07) is 87.8. The maximum atomic E-state index is 7.27. The van der Waals surface area contributed by atoms with Crippen LogP contribution in [-0.2, 0) is 10.8 Å². The second-order valence-electron chi connectivity index (χ2n) is 22.5. The van der Waals surface area contributed by atoms with Crippen LogP contribution in [0, 0.1) is 0 Å². The minimum absolute atomic E-state index is 0.0118. The molecule has 3 aliphatic rings. The number of rotatable bonds is 6. The zero-order valence-electron chi connectivity index (χ0n) is 43.3. The molecular weight excluding hydrogens is 922 g/mol. The summed E-state index contributed by atoms with van der Waals surface area (Å²) >= 11 is 0. The molecule has 0 N–H and O–H groups in total. The van der Waals surface area contributed by atoms with Crippen molar-refractivity contribution in [3.05, 3.63) is 253 Å². The molecule has 12 aromatic rings. The number of benzene rings is 11. The topological polar surface area (TPSA) is 22.9 Å². The molecule has 4 heterocycles. The van der Waals surface area contributed by atoms with Gasteiger partial charge in [-0.3, -0.25) is 0 Å². The smallest absolute Gasteiger partial charge is 0.333 e. The Morgan fingerprint density at radius 2 is 1.05 bits per heavy atom. The summed E-state index contributed by atoms with van der Waals surface area (Å²) in [5.41, 5.74) is 24.1. The monoisotopic (exact) mass is 975 g/mol. The van der Waals surface area contributed by atoms with Crippen molar-refractivity contribution in [3.8, 4) is 33.4 Å². The first kappa shape index (κ1) is 44.4. The summed E-state index contributed by atoms with van der Waals surface area (Å²) in [5.74, 6) is 0. The molecule has 0 unspecified atom stereocenters. The van der Waals surface area contributed by atoms with Crippen LogP contribution in [0.15, 0.2) is 241 Å². The summed E-state index contributed by atoms with van der Waals surface area (Å²) in [4.78, 5) is 7.66. The number of para-hydroxylation sites is 2. The van der Waals surface area contributed by atoms with Crippen LogP contribution in [0.2, 0.25) is 0 Å². The van der Waals surface area contributed by atoms with E-state index in [0.717, 1.165) is 61.6 Å². The lowest BCUT2D eigenvalue weighted by Gasteiger charge is -2.50. The van der Waals surface area contributed by atoms with Crippen LogP contribution < -0.4 is 25.5 Å². The fraction of sp³-hybridized carbons (Fsp3) is 0.0986. The van der Waals surface area contributed by atoms with E-state index in [1.165, 1.54) is 77.6 Å². The summed E-state index contributed by atoms with van der Waals surface area (Å²) < 4.78 is 7.27. The Kier molecular flexibility index (Phi) is 9.63. The van der Waals surface area contributed by atoms with Crippen molar-refractivity contribution in [2.45, 2.75) is 45.4 Å². The van der Waals surface area contributed by atoms with E-state index in [1.54, 1.807) is 0 Å². The lowest BCUT2D eigenvalue weighted by atomic mass is 9.42. The van der Waals surface area contributed by atoms with Gasteiger partial charge in [0.25, 0.3) is 0 Å². The van der Waals surface area contributed by atoms with Crippen molar-refractivity contribution >= 4 is 96.0 Å². The van der Waals surface area contributed by atoms with Gasteiger partial charge >= 0.3 is 6.85 Å². The lowest BCUT2D eigenvalue weighted by molar-refractivity contribution is 0.590. The SMILES string of the molecule is CC(C)(C)c1ccc(N(c2ccc(-c3ccccc3)cc2)c2ccc3c(c2)-c2cc4c(oc5ccccc54)c4c2B(c2cccc5c2N4c2cc4ccccc4cc2C5(C)C)N3c2ccc(-c3ccccc3)cc2)cc1. The van der Waals surface area contributed by atoms with Crippen LogP contribution in [-0.4, -0.2) is 6.85 Å². The first-order valence-corrected chi connectivity index (χ1v) is 26.7. The van der Waals surface area contributed by atoms with Crippen LogP contribution >= 0.6 is 0 Å². The van der Waals surface area contributed by atoms with E-state index < -0.39 is 0 Å². The Morgan fingerprint density at radius 3 is 1.74 bits per heavy atom. The minimum atomic E-state index is -0.305. The molecule has 11 aromatic carbocycles. The van der Waals surface area contributed by atoms with Crippen LogP contribution in [0.25, 0.3) is 66.1 Å². The van der Waals surface area contributed by atoms with Gasteiger partial charge in [0.05, 0.1) is 11.4 Å². The molecule has 0 fully saturated rings. The summed E-state index contributed by atoms with van der Waals surface area (Å²) in [5, 5.41) is 4.68. The van der Waals surface area contributed by atoms with Gasteiger partial charge in [0, 0.05) is 55.9 Å². The van der Waals surface area contributed by atoms with Crippen LogP contribution in [0.5, 0.6) is 0 Å². The molecule has 0 saturated carbocycles. The van der Waals surface area contributed by atoms with Crippen LogP contribution in [0.3, 0.4) is 0 Å². The van der Waals surface area contributed by atoms with Gasteiger partial charge in [-0.25, -0.2) is 0 Å². The normalized spacial score (nSPS) is 13.9. The molecule has 4 nitrogen and oxygen atoms in total. The van der Waals surface area contributed by atoms with Gasteiger partial charge in [0.2, 0.25) is 0 Å². The Bertz CT molecular complexity index is 4290. The van der Waals surface area contributed by atoms with Crippen molar-refractivity contribution in [1.29, 1.82) is 0 Å². The van der Waals surface area contributed by atoms with E-state index in [0.29, 0.717) is 0 Å². The molecule has 0 radical (unpaired) electrons. The third-order valence-corrected chi connectivity index (χ3v) is 16.7. The second-order valence-corrected chi connectivity index (χ2v) is 22.5. The van der Waals surface area contributed by atoms with E-state index in [1.807, 2.05) is 0 Å². The van der Waals surface area contributed by atoms with E-state index in [-0.39, 0.29) is 17.7 Å². The first-order valence-electron chi connectivity index (χ1n) is 26.7. The molecule has 15 rings (SSSR count). The second kappa shape index (κ2) is 16.5. The molecule has 0 amide bonds. The van der Waals surface area contributed by atoms with Gasteiger partial charge in [-0.2, -0.15) is 0 Å². The Labute approximate surface area is 444 Å². The van der Waals surface area contributed by atoms with Gasteiger partial charge in [-0.05, 0) is 150 Å². The molecule has 76 heavy (non-hydrogen) atoms. The average molecular weight is 976 g/mol.